The minimum absolute atomic E-state index is 0.226. The first kappa shape index (κ1) is 23.6. The highest BCUT2D eigenvalue weighted by Crippen LogP contribution is 2.38. The van der Waals surface area contributed by atoms with Crippen LogP contribution < -0.4 is 0 Å². The van der Waals surface area contributed by atoms with E-state index in [1.165, 1.54) is 0 Å². The molecule has 0 saturated carbocycles. The number of piperidine rings is 1. The van der Waals surface area contributed by atoms with E-state index in [4.69, 9.17) is 0 Å². The van der Waals surface area contributed by atoms with Crippen LogP contribution in [0.4, 0.5) is 0 Å². The zero-order chi connectivity index (χ0) is 23.1. The molecular weight excluding hydrogens is 394 g/mol. The minimum Gasteiger partial charge on any atom is -0.372 e. The van der Waals surface area contributed by atoms with Crippen LogP contribution in [-0.2, 0) is 4.79 Å². The van der Waals surface area contributed by atoms with Crippen LogP contribution in [0.1, 0.15) is 45.2 Å². The van der Waals surface area contributed by atoms with Crippen molar-refractivity contribution in [3.63, 3.8) is 0 Å². The van der Waals surface area contributed by atoms with Gasteiger partial charge in [0.25, 0.3) is 0 Å². The summed E-state index contributed by atoms with van der Waals surface area (Å²) in [6, 6.07) is 20.9. The normalized spacial score (nSPS) is 17.3. The highest BCUT2D eigenvalue weighted by atomic mass is 16.1. The third kappa shape index (κ3) is 4.74. The number of allylic oxidation sites excluding steroid dienone is 1. The third-order valence-corrected chi connectivity index (χ3v) is 6.29. The average Bonchev–Trinajstić information content (AvgIpc) is 2.84. The van der Waals surface area contributed by atoms with Crippen LogP contribution in [0.3, 0.4) is 0 Å². The summed E-state index contributed by atoms with van der Waals surface area (Å²) in [6.45, 7) is 12.9. The van der Waals surface area contributed by atoms with E-state index in [-0.39, 0.29) is 5.78 Å². The number of carbonyl (C=O) groups is 1. The van der Waals surface area contributed by atoms with Gasteiger partial charge in [-0.15, -0.1) is 0 Å². The molecule has 0 atom stereocenters. The largest absolute Gasteiger partial charge is 0.372 e. The van der Waals surface area contributed by atoms with Crippen LogP contribution >= 0.6 is 0 Å². The number of hydrogen-bond donors (Lipinski definition) is 0. The first-order chi connectivity index (χ1) is 15.6. The quantitative estimate of drug-likeness (QED) is 0.526. The molecule has 4 nitrogen and oxygen atoms in total. The van der Waals surface area contributed by atoms with Crippen molar-refractivity contribution in [3.05, 3.63) is 83.1 Å². The van der Waals surface area contributed by atoms with Gasteiger partial charge in [-0.05, 0) is 38.8 Å². The molecule has 0 aliphatic carbocycles. The van der Waals surface area contributed by atoms with Crippen LogP contribution in [0, 0.1) is 0 Å². The van der Waals surface area contributed by atoms with Crippen molar-refractivity contribution >= 4 is 17.2 Å². The van der Waals surface area contributed by atoms with Crippen molar-refractivity contribution in [2.45, 2.75) is 34.1 Å². The molecular formula is C28H37N3O. The van der Waals surface area contributed by atoms with E-state index < -0.39 is 0 Å². The molecule has 1 aliphatic rings. The summed E-state index contributed by atoms with van der Waals surface area (Å²) in [7, 11) is 2.12. The first-order valence-electron chi connectivity index (χ1n) is 11.9. The lowest BCUT2D eigenvalue weighted by molar-refractivity contribution is -0.116. The van der Waals surface area contributed by atoms with Gasteiger partial charge in [0.1, 0.15) is 0 Å². The molecule has 0 amide bonds. The van der Waals surface area contributed by atoms with Crippen molar-refractivity contribution in [3.8, 4) is 0 Å². The number of carbonyl (C=O) groups excluding carboxylic acids is 1. The number of hydrogen-bond acceptors (Lipinski definition) is 4. The Kier molecular flexibility index (Phi) is 8.15. The van der Waals surface area contributed by atoms with Crippen molar-refractivity contribution < 1.29 is 4.79 Å². The minimum atomic E-state index is 0.226. The Morgan fingerprint density at radius 1 is 0.750 bits per heavy atom. The summed E-state index contributed by atoms with van der Waals surface area (Å²) < 4.78 is 0. The van der Waals surface area contributed by atoms with Crippen molar-refractivity contribution in [1.29, 1.82) is 0 Å². The molecule has 1 fully saturated rings. The topological polar surface area (TPSA) is 26.8 Å². The zero-order valence-electron chi connectivity index (χ0n) is 20.3. The van der Waals surface area contributed by atoms with Gasteiger partial charge in [0.15, 0.2) is 5.78 Å². The Morgan fingerprint density at radius 2 is 1.19 bits per heavy atom. The second kappa shape index (κ2) is 11.0. The van der Waals surface area contributed by atoms with Crippen molar-refractivity contribution in [2.24, 2.45) is 0 Å². The summed E-state index contributed by atoms with van der Waals surface area (Å²) in [4.78, 5) is 20.7. The molecule has 1 aliphatic heterocycles. The Balaban J connectivity index is 2.46. The van der Waals surface area contributed by atoms with Crippen LogP contribution in [-0.4, -0.2) is 60.3 Å². The monoisotopic (exact) mass is 431 g/mol. The average molecular weight is 432 g/mol. The van der Waals surface area contributed by atoms with Gasteiger partial charge >= 0.3 is 0 Å². The second-order valence-electron chi connectivity index (χ2n) is 8.09. The van der Waals surface area contributed by atoms with Crippen LogP contribution in [0.25, 0.3) is 11.4 Å². The van der Waals surface area contributed by atoms with E-state index in [1.54, 1.807) is 0 Å². The highest BCUT2D eigenvalue weighted by molar-refractivity contribution is 6.09. The van der Waals surface area contributed by atoms with E-state index in [9.17, 15) is 4.79 Å². The maximum atomic E-state index is 13.7. The lowest BCUT2D eigenvalue weighted by Crippen LogP contribution is -2.37. The van der Waals surface area contributed by atoms with Gasteiger partial charge in [-0.1, -0.05) is 60.7 Å². The van der Waals surface area contributed by atoms with Gasteiger partial charge in [-0.25, -0.2) is 0 Å². The van der Waals surface area contributed by atoms with E-state index >= 15 is 0 Å². The molecule has 1 heterocycles. The number of benzene rings is 2. The molecule has 32 heavy (non-hydrogen) atoms. The smallest absolute Gasteiger partial charge is 0.168 e. The number of Topliss-reactive ketones (excluding diaryl/α,β-unsaturated/α-hetero) is 1. The molecule has 0 unspecified atom stereocenters. The molecule has 2 aromatic rings. The molecule has 170 valence electrons. The molecule has 2 aromatic carbocycles. The van der Waals surface area contributed by atoms with Crippen LogP contribution in [0.5, 0.6) is 0 Å². The zero-order valence-corrected chi connectivity index (χ0v) is 20.3. The molecule has 0 N–H and O–H groups in total. The van der Waals surface area contributed by atoms with Crippen LogP contribution in [0.15, 0.2) is 71.9 Å². The van der Waals surface area contributed by atoms with Gasteiger partial charge < -0.3 is 14.7 Å². The Labute approximate surface area is 193 Å². The van der Waals surface area contributed by atoms with Gasteiger partial charge in [0.2, 0.25) is 0 Å². The fourth-order valence-corrected chi connectivity index (χ4v) is 4.60. The Bertz CT molecular complexity index is 955. The predicted molar refractivity (Wildman–Crippen MR) is 135 cm³/mol. The standard InChI is InChI=1S/C28H37N3O/c1-6-30(7-2)26(22-16-12-10-13-17-22)25-24(32)20-21-29(5)28(25)27(31(8-3)9-4)23-18-14-11-15-19-23/h10-19H,6-9,20-21H2,1-5H3. The van der Waals surface area contributed by atoms with Crippen LogP contribution in [0.2, 0.25) is 0 Å². The summed E-state index contributed by atoms with van der Waals surface area (Å²) in [6.07, 6.45) is 0.535. The number of likely N-dealkylation sites (N-methyl/N-ethyl adjacent to an activating group) is 1. The van der Waals surface area contributed by atoms with E-state index in [2.05, 4.69) is 98.0 Å². The predicted octanol–water partition coefficient (Wildman–Crippen LogP) is 5.35. The SMILES string of the molecule is CCN(CC)C(=C1C(=O)CCN(C)C1=C(c1ccccc1)N(CC)CC)c1ccccc1. The third-order valence-electron chi connectivity index (χ3n) is 6.29. The van der Waals surface area contributed by atoms with Gasteiger partial charge in [0.05, 0.1) is 22.7 Å². The maximum Gasteiger partial charge on any atom is 0.168 e. The first-order valence-corrected chi connectivity index (χ1v) is 11.9. The Morgan fingerprint density at radius 3 is 1.66 bits per heavy atom. The van der Waals surface area contributed by atoms with Crippen molar-refractivity contribution in [2.75, 3.05) is 39.8 Å². The molecule has 1 saturated heterocycles. The van der Waals surface area contributed by atoms with E-state index in [1.807, 2.05) is 12.1 Å². The summed E-state index contributed by atoms with van der Waals surface area (Å²) >= 11 is 0. The summed E-state index contributed by atoms with van der Waals surface area (Å²) in [5, 5.41) is 0. The molecule has 4 heteroatoms. The molecule has 3 rings (SSSR count). The molecule has 0 aromatic heterocycles. The maximum absolute atomic E-state index is 13.7. The fourth-order valence-electron chi connectivity index (χ4n) is 4.60. The van der Waals surface area contributed by atoms with E-state index in [0.717, 1.165) is 66.5 Å². The number of rotatable bonds is 8. The van der Waals surface area contributed by atoms with Gasteiger partial charge in [-0.2, -0.15) is 0 Å². The number of likely N-dealkylation sites (tertiary alicyclic amines) is 1. The summed E-state index contributed by atoms with van der Waals surface area (Å²) in [5.41, 5.74) is 6.32. The number of nitrogens with zero attached hydrogens (tertiary/aromatic N) is 3. The summed E-state index contributed by atoms with van der Waals surface area (Å²) in [5.74, 6) is 0.226. The lowest BCUT2D eigenvalue weighted by Gasteiger charge is -2.38. The van der Waals surface area contributed by atoms with E-state index in [0.29, 0.717) is 6.42 Å². The van der Waals surface area contributed by atoms with Crippen molar-refractivity contribution in [1.82, 2.24) is 14.7 Å². The molecule has 0 bridgehead atoms. The fraction of sp³-hybridized carbons (Fsp3) is 0.393. The van der Waals surface area contributed by atoms with Gasteiger partial charge in [0, 0.05) is 46.2 Å². The van der Waals surface area contributed by atoms with Gasteiger partial charge in [-0.3, -0.25) is 4.79 Å². The lowest BCUT2D eigenvalue weighted by atomic mass is 9.90. The number of ketones is 1. The second-order valence-corrected chi connectivity index (χ2v) is 8.09. The Hall–Kier alpha value is -3.01. The molecule has 0 radical (unpaired) electrons. The molecule has 0 spiro atoms. The highest BCUT2D eigenvalue weighted by Gasteiger charge is 2.33.